The number of aliphatic carboxylic acids is 1. The van der Waals surface area contributed by atoms with E-state index in [0.29, 0.717) is 32.1 Å². The Hall–Kier alpha value is -2.22. The van der Waals surface area contributed by atoms with Gasteiger partial charge in [0.05, 0.1) is 5.41 Å². The van der Waals surface area contributed by atoms with Crippen LogP contribution in [0.3, 0.4) is 0 Å². The Morgan fingerprint density at radius 2 is 1.55 bits per heavy atom. The summed E-state index contributed by atoms with van der Waals surface area (Å²) in [7, 11) is 0. The molecule has 0 radical (unpaired) electrons. The number of hydrogen-bond acceptors (Lipinski definition) is 7. The van der Waals surface area contributed by atoms with Crippen LogP contribution in [0.25, 0.3) is 0 Å². The van der Waals surface area contributed by atoms with Gasteiger partial charge in [-0.3, -0.25) is 19.2 Å². The molecular weight excluding hydrogens is 536 g/mol. The Bertz CT molecular complexity index is 1250. The number of carboxylic acid groups (broad SMARTS) is 1. The second-order valence-corrected chi connectivity index (χ2v) is 15.9. The van der Waals surface area contributed by atoms with Crippen LogP contribution in [0.5, 0.6) is 0 Å². The Kier molecular flexibility index (Phi) is 6.98. The van der Waals surface area contributed by atoms with Crippen molar-refractivity contribution < 1.29 is 38.9 Å². The molecule has 4 fully saturated rings. The van der Waals surface area contributed by atoms with E-state index in [-0.39, 0.29) is 23.2 Å². The second-order valence-electron chi connectivity index (χ2n) is 15.9. The van der Waals surface area contributed by atoms with Gasteiger partial charge in [-0.15, -0.1) is 0 Å². The minimum Gasteiger partial charge on any atom is -0.481 e. The molecule has 8 heteroatoms. The largest absolute Gasteiger partial charge is 0.481 e. The second kappa shape index (κ2) is 9.39. The zero-order valence-corrected chi connectivity index (χ0v) is 26.8. The standard InChI is InChI=1S/C34H50O8/c1-18-12-15-34(28(39)40)17-16-30(6)21(25(34)33(18,9)42-20(3)36)10-11-23-31(30,7)14-13-22-29(4,5)26(38)24(37)27(32(22,23)8)41-19(2)35/h10,18,22-23,25-27,38H,11-17H2,1-9H3,(H,39,40)/t18-,22+,23+,25-,26+,27-,30-,31-,32+,33-,34+/m1/s1. The topological polar surface area (TPSA) is 127 Å². The average molecular weight is 587 g/mol. The van der Waals surface area contributed by atoms with Crippen molar-refractivity contribution in [1.82, 2.24) is 0 Å². The Morgan fingerprint density at radius 1 is 0.905 bits per heavy atom. The van der Waals surface area contributed by atoms with E-state index in [1.54, 1.807) is 0 Å². The summed E-state index contributed by atoms with van der Waals surface area (Å²) >= 11 is 0. The maximum absolute atomic E-state index is 13.8. The molecule has 0 aromatic rings. The Labute approximate surface area is 250 Å². The van der Waals surface area contributed by atoms with Crippen LogP contribution in [0, 0.1) is 50.7 Å². The number of fused-ring (bicyclic) bond motifs is 7. The smallest absolute Gasteiger partial charge is 0.310 e. The van der Waals surface area contributed by atoms with Crippen molar-refractivity contribution in [3.05, 3.63) is 11.6 Å². The molecule has 11 atom stereocenters. The molecule has 0 bridgehead atoms. The number of Topliss-reactive ketones (excluding diaryl/α,β-unsaturated/α-hetero) is 1. The molecule has 0 aliphatic heterocycles. The van der Waals surface area contributed by atoms with Crippen LogP contribution in [-0.4, -0.2) is 51.7 Å². The fourth-order valence-electron chi connectivity index (χ4n) is 11.5. The molecule has 0 saturated heterocycles. The minimum absolute atomic E-state index is 0.0208. The first kappa shape index (κ1) is 31.2. The van der Waals surface area contributed by atoms with Crippen molar-refractivity contribution in [2.45, 2.75) is 125 Å². The van der Waals surface area contributed by atoms with Gasteiger partial charge in [-0.05, 0) is 80.5 Å². The lowest BCUT2D eigenvalue weighted by atomic mass is 9.32. The van der Waals surface area contributed by atoms with Crippen molar-refractivity contribution >= 4 is 23.7 Å². The lowest BCUT2D eigenvalue weighted by Gasteiger charge is -2.72. The van der Waals surface area contributed by atoms with Crippen LogP contribution in [0.2, 0.25) is 0 Å². The molecule has 0 spiro atoms. The summed E-state index contributed by atoms with van der Waals surface area (Å²) in [6, 6.07) is 0. The van der Waals surface area contributed by atoms with Crippen molar-refractivity contribution in [3.63, 3.8) is 0 Å². The third kappa shape index (κ3) is 3.68. The summed E-state index contributed by atoms with van der Waals surface area (Å²) in [5.41, 5.74) is -3.17. The molecule has 5 aliphatic carbocycles. The van der Waals surface area contributed by atoms with Crippen LogP contribution in [0.1, 0.15) is 107 Å². The van der Waals surface area contributed by atoms with E-state index >= 15 is 0 Å². The summed E-state index contributed by atoms with van der Waals surface area (Å²) in [5, 5.41) is 22.0. The first-order valence-electron chi connectivity index (χ1n) is 15.8. The van der Waals surface area contributed by atoms with Crippen LogP contribution < -0.4 is 0 Å². The highest BCUT2D eigenvalue weighted by Crippen LogP contribution is 2.76. The van der Waals surface area contributed by atoms with Gasteiger partial charge in [0.15, 0.2) is 6.10 Å². The van der Waals surface area contributed by atoms with Gasteiger partial charge in [0.1, 0.15) is 11.7 Å². The normalized spacial score (nSPS) is 49.3. The van der Waals surface area contributed by atoms with E-state index in [4.69, 9.17) is 9.47 Å². The molecule has 4 saturated carbocycles. The number of ether oxygens (including phenoxy) is 2. The van der Waals surface area contributed by atoms with Crippen molar-refractivity contribution in [3.8, 4) is 0 Å². The molecule has 0 aromatic heterocycles. The van der Waals surface area contributed by atoms with Crippen LogP contribution in [0.4, 0.5) is 0 Å². The Morgan fingerprint density at radius 3 is 2.12 bits per heavy atom. The number of carbonyl (C=O) groups is 4. The highest BCUT2D eigenvalue weighted by molar-refractivity contribution is 5.91. The molecular formula is C34H50O8. The summed E-state index contributed by atoms with van der Waals surface area (Å²) in [4.78, 5) is 51.8. The highest BCUT2D eigenvalue weighted by atomic mass is 16.6. The summed E-state index contributed by atoms with van der Waals surface area (Å²) in [6.07, 6.45) is 4.41. The maximum Gasteiger partial charge on any atom is 0.310 e. The monoisotopic (exact) mass is 586 g/mol. The number of aliphatic hydroxyl groups is 1. The molecule has 0 heterocycles. The van der Waals surface area contributed by atoms with Gasteiger partial charge in [0.2, 0.25) is 5.78 Å². The van der Waals surface area contributed by atoms with Crippen molar-refractivity contribution in [2.75, 3.05) is 0 Å². The highest BCUT2D eigenvalue weighted by Gasteiger charge is 2.74. The van der Waals surface area contributed by atoms with Crippen molar-refractivity contribution in [2.24, 2.45) is 50.7 Å². The molecule has 0 unspecified atom stereocenters. The number of rotatable bonds is 3. The number of carbonyl (C=O) groups excluding carboxylic acids is 3. The van der Waals surface area contributed by atoms with Crippen molar-refractivity contribution in [1.29, 1.82) is 0 Å². The molecule has 5 aliphatic rings. The SMILES string of the molecule is CC(=O)O[C@@H]1C(=O)[C@H](O)C(C)(C)[C@@H]2CC[C@]3(C)[C@H](CC=C4[C@H]5[C@](C(=O)O)(CC[C@@H](C)[C@@]5(C)OC(C)=O)CC[C@]43C)[C@@]12C. The predicted molar refractivity (Wildman–Crippen MR) is 155 cm³/mol. The predicted octanol–water partition coefficient (Wildman–Crippen LogP) is 5.50. The third-order valence-corrected chi connectivity index (χ3v) is 14.0. The number of allylic oxidation sites excluding steroid dienone is 1. The number of hydrogen-bond donors (Lipinski definition) is 2. The quantitative estimate of drug-likeness (QED) is 0.328. The molecule has 5 rings (SSSR count). The van der Waals surface area contributed by atoms with Gasteiger partial charge in [-0.1, -0.05) is 53.2 Å². The zero-order chi connectivity index (χ0) is 31.4. The maximum atomic E-state index is 13.8. The number of ketones is 1. The van der Waals surface area contributed by atoms with E-state index in [1.807, 2.05) is 20.8 Å². The summed E-state index contributed by atoms with van der Waals surface area (Å²) in [5.74, 6) is -2.83. The number of esters is 2. The third-order valence-electron chi connectivity index (χ3n) is 14.0. The van der Waals surface area contributed by atoms with E-state index in [1.165, 1.54) is 13.8 Å². The summed E-state index contributed by atoms with van der Waals surface area (Å²) < 4.78 is 12.0. The van der Waals surface area contributed by atoms with E-state index < -0.39 is 69.1 Å². The molecule has 0 aromatic carbocycles. The van der Waals surface area contributed by atoms with Gasteiger partial charge >= 0.3 is 17.9 Å². The van der Waals surface area contributed by atoms with Gasteiger partial charge in [-0.25, -0.2) is 0 Å². The summed E-state index contributed by atoms with van der Waals surface area (Å²) in [6.45, 7) is 17.2. The number of aliphatic hydroxyl groups excluding tert-OH is 1. The fraction of sp³-hybridized carbons (Fsp3) is 0.824. The average Bonchev–Trinajstić information content (AvgIpc) is 2.87. The Balaban J connectivity index is 1.71. The van der Waals surface area contributed by atoms with E-state index in [9.17, 15) is 29.4 Å². The molecule has 42 heavy (non-hydrogen) atoms. The lowest BCUT2D eigenvalue weighted by Crippen LogP contribution is -2.72. The van der Waals surface area contributed by atoms with Crippen LogP contribution in [-0.2, 0) is 28.7 Å². The van der Waals surface area contributed by atoms with Crippen LogP contribution in [0.15, 0.2) is 11.6 Å². The molecule has 2 N–H and O–H groups in total. The first-order valence-corrected chi connectivity index (χ1v) is 15.8. The van der Waals surface area contributed by atoms with Gasteiger partial charge in [-0.2, -0.15) is 0 Å². The first-order chi connectivity index (χ1) is 19.2. The van der Waals surface area contributed by atoms with Gasteiger partial charge in [0.25, 0.3) is 0 Å². The zero-order valence-electron chi connectivity index (χ0n) is 26.8. The van der Waals surface area contributed by atoms with Gasteiger partial charge in [0, 0.05) is 30.6 Å². The molecule has 0 amide bonds. The number of carboxylic acids is 1. The lowest BCUT2D eigenvalue weighted by molar-refractivity contribution is -0.244. The molecule has 8 nitrogen and oxygen atoms in total. The van der Waals surface area contributed by atoms with E-state index in [0.717, 1.165) is 18.4 Å². The van der Waals surface area contributed by atoms with E-state index in [2.05, 4.69) is 33.8 Å². The fourth-order valence-corrected chi connectivity index (χ4v) is 11.5. The molecule has 234 valence electrons. The van der Waals surface area contributed by atoms with Crippen LogP contribution >= 0.6 is 0 Å². The van der Waals surface area contributed by atoms with Gasteiger partial charge < -0.3 is 19.7 Å². The minimum atomic E-state index is -1.23.